The number of rotatable bonds is 0. The maximum Gasteiger partial charge on any atom is 0.0564 e. The van der Waals surface area contributed by atoms with Crippen LogP contribution in [0.15, 0.2) is 36.4 Å². The molecule has 3 rings (SSSR count). The molecule has 2 heteroatoms. The molecule has 98 valence electrons. The molecular formula is C17H18ClN. The van der Waals surface area contributed by atoms with Crippen LogP contribution in [0.25, 0.3) is 11.1 Å². The zero-order valence-electron chi connectivity index (χ0n) is 11.5. The zero-order valence-corrected chi connectivity index (χ0v) is 12.3. The van der Waals surface area contributed by atoms with E-state index in [0.717, 1.165) is 16.1 Å². The van der Waals surface area contributed by atoms with Crippen molar-refractivity contribution in [1.82, 2.24) is 0 Å². The largest absolute Gasteiger partial charge is 0.320 e. The average molecular weight is 272 g/mol. The molecule has 0 spiro atoms. The van der Waals surface area contributed by atoms with Crippen LogP contribution >= 0.6 is 11.6 Å². The lowest BCUT2D eigenvalue weighted by Gasteiger charge is -2.20. The number of nitrogens with two attached hydrogens (primary N) is 1. The number of hydrogen-bond acceptors (Lipinski definition) is 1. The Hall–Kier alpha value is -1.31. The molecule has 0 saturated carbocycles. The second-order valence-corrected chi connectivity index (χ2v) is 6.64. The molecule has 0 fully saturated rings. The summed E-state index contributed by atoms with van der Waals surface area (Å²) in [4.78, 5) is 0. The molecule has 1 atom stereocenters. The summed E-state index contributed by atoms with van der Waals surface area (Å²) in [7, 11) is 0. The number of halogens is 1. The Morgan fingerprint density at radius 3 is 2.47 bits per heavy atom. The summed E-state index contributed by atoms with van der Waals surface area (Å²) in [6.07, 6.45) is 0. The third-order valence-corrected chi connectivity index (χ3v) is 4.22. The molecule has 0 heterocycles. The quantitative estimate of drug-likeness (QED) is 0.741. The van der Waals surface area contributed by atoms with Gasteiger partial charge in [-0.2, -0.15) is 0 Å². The van der Waals surface area contributed by atoms with Crippen molar-refractivity contribution in [1.29, 1.82) is 0 Å². The van der Waals surface area contributed by atoms with E-state index in [1.807, 2.05) is 12.1 Å². The molecule has 0 radical (unpaired) electrons. The number of benzene rings is 2. The van der Waals surface area contributed by atoms with Gasteiger partial charge in [-0.1, -0.05) is 62.7 Å². The minimum absolute atomic E-state index is 0.0639. The third-order valence-electron chi connectivity index (χ3n) is 3.90. The van der Waals surface area contributed by atoms with Gasteiger partial charge in [-0.15, -0.1) is 0 Å². The first-order valence-corrected chi connectivity index (χ1v) is 6.96. The number of fused-ring (bicyclic) bond motifs is 3. The lowest BCUT2D eigenvalue weighted by Crippen LogP contribution is -2.13. The molecule has 0 bridgehead atoms. The summed E-state index contributed by atoms with van der Waals surface area (Å²) in [6, 6.07) is 12.5. The zero-order chi connectivity index (χ0) is 13.8. The van der Waals surface area contributed by atoms with Gasteiger partial charge in [-0.3, -0.25) is 0 Å². The highest BCUT2D eigenvalue weighted by Gasteiger charge is 2.29. The molecular weight excluding hydrogens is 254 g/mol. The summed E-state index contributed by atoms with van der Waals surface area (Å²) in [5, 5.41) is 0.787. The summed E-state index contributed by atoms with van der Waals surface area (Å²) in [6.45, 7) is 6.65. The first-order valence-electron chi connectivity index (χ1n) is 6.58. The van der Waals surface area contributed by atoms with E-state index in [9.17, 15) is 0 Å². The molecule has 2 aromatic rings. The van der Waals surface area contributed by atoms with E-state index in [-0.39, 0.29) is 11.5 Å². The van der Waals surface area contributed by atoms with Crippen molar-refractivity contribution in [2.24, 2.45) is 5.73 Å². The molecule has 0 amide bonds. The van der Waals surface area contributed by atoms with Crippen molar-refractivity contribution in [2.45, 2.75) is 32.2 Å². The van der Waals surface area contributed by atoms with Gasteiger partial charge in [0.1, 0.15) is 0 Å². The van der Waals surface area contributed by atoms with Crippen LogP contribution in [0.5, 0.6) is 0 Å². The van der Waals surface area contributed by atoms with Crippen molar-refractivity contribution in [3.8, 4) is 11.1 Å². The minimum Gasteiger partial charge on any atom is -0.320 e. The Bertz CT molecular complexity index is 653. The lowest BCUT2D eigenvalue weighted by atomic mass is 9.85. The monoisotopic (exact) mass is 271 g/mol. The van der Waals surface area contributed by atoms with Gasteiger partial charge in [0.25, 0.3) is 0 Å². The fourth-order valence-electron chi connectivity index (χ4n) is 2.77. The van der Waals surface area contributed by atoms with Gasteiger partial charge in [0.15, 0.2) is 0 Å². The predicted octanol–water partition coefficient (Wildman–Crippen LogP) is 4.67. The first kappa shape index (κ1) is 12.7. The third kappa shape index (κ3) is 1.89. The molecule has 2 N–H and O–H groups in total. The molecule has 19 heavy (non-hydrogen) atoms. The predicted molar refractivity (Wildman–Crippen MR) is 81.6 cm³/mol. The highest BCUT2D eigenvalue weighted by molar-refractivity contribution is 6.33. The molecule has 0 saturated heterocycles. The van der Waals surface area contributed by atoms with E-state index in [1.165, 1.54) is 16.7 Å². The smallest absolute Gasteiger partial charge is 0.0564 e. The Balaban J connectivity index is 2.24. The molecule has 1 aliphatic rings. The van der Waals surface area contributed by atoms with E-state index < -0.39 is 0 Å². The standard InChI is InChI=1S/C17H18ClN/c1-17(2,3)10-7-8-11-13(9-10)16(19)12-5-4-6-14(18)15(11)12/h4-9,16H,19H2,1-3H3. The molecule has 1 unspecified atom stereocenters. The highest BCUT2D eigenvalue weighted by Crippen LogP contribution is 2.46. The van der Waals surface area contributed by atoms with Crippen molar-refractivity contribution in [3.63, 3.8) is 0 Å². The van der Waals surface area contributed by atoms with Gasteiger partial charge >= 0.3 is 0 Å². The maximum absolute atomic E-state index is 6.38. The van der Waals surface area contributed by atoms with Crippen LogP contribution in [0.4, 0.5) is 0 Å². The summed E-state index contributed by atoms with van der Waals surface area (Å²) in [5.74, 6) is 0. The Labute approximate surface area is 119 Å². The topological polar surface area (TPSA) is 26.0 Å². The summed E-state index contributed by atoms with van der Waals surface area (Å²) < 4.78 is 0. The van der Waals surface area contributed by atoms with Crippen molar-refractivity contribution in [2.75, 3.05) is 0 Å². The van der Waals surface area contributed by atoms with Gasteiger partial charge in [-0.05, 0) is 33.7 Å². The molecule has 1 aliphatic carbocycles. The second kappa shape index (κ2) is 4.09. The second-order valence-electron chi connectivity index (χ2n) is 6.23. The van der Waals surface area contributed by atoms with E-state index in [4.69, 9.17) is 17.3 Å². The average Bonchev–Trinajstić information content (AvgIpc) is 2.63. The van der Waals surface area contributed by atoms with E-state index in [2.05, 4.69) is 45.0 Å². The van der Waals surface area contributed by atoms with Crippen molar-refractivity contribution >= 4 is 11.6 Å². The minimum atomic E-state index is -0.0639. The Morgan fingerprint density at radius 2 is 1.79 bits per heavy atom. The molecule has 0 aromatic heterocycles. The van der Waals surface area contributed by atoms with Crippen LogP contribution in [0.2, 0.25) is 5.02 Å². The van der Waals surface area contributed by atoms with Crippen LogP contribution in [0, 0.1) is 0 Å². The highest BCUT2D eigenvalue weighted by atomic mass is 35.5. The van der Waals surface area contributed by atoms with Crippen LogP contribution < -0.4 is 5.73 Å². The van der Waals surface area contributed by atoms with Gasteiger partial charge in [0, 0.05) is 10.6 Å². The van der Waals surface area contributed by atoms with Crippen LogP contribution in [-0.2, 0) is 5.41 Å². The summed E-state index contributed by atoms with van der Waals surface area (Å²) in [5.41, 5.74) is 12.4. The maximum atomic E-state index is 6.38. The van der Waals surface area contributed by atoms with Gasteiger partial charge in [0.2, 0.25) is 0 Å². The normalized spacial score (nSPS) is 17.2. The van der Waals surface area contributed by atoms with Crippen molar-refractivity contribution in [3.05, 3.63) is 58.1 Å². The number of hydrogen-bond donors (Lipinski definition) is 1. The molecule has 1 nitrogen and oxygen atoms in total. The SMILES string of the molecule is CC(C)(C)c1ccc2c(c1)C(N)c1cccc(Cl)c1-2. The molecule has 0 aliphatic heterocycles. The fraction of sp³-hybridized carbons (Fsp3) is 0.294. The lowest BCUT2D eigenvalue weighted by molar-refractivity contribution is 0.589. The van der Waals surface area contributed by atoms with Gasteiger partial charge in [-0.25, -0.2) is 0 Å². The first-order chi connectivity index (χ1) is 8.89. The van der Waals surface area contributed by atoms with Crippen LogP contribution in [0.3, 0.4) is 0 Å². The Morgan fingerprint density at radius 1 is 1.05 bits per heavy atom. The Kier molecular flexibility index (Phi) is 2.74. The summed E-state index contributed by atoms with van der Waals surface area (Å²) >= 11 is 6.34. The van der Waals surface area contributed by atoms with Crippen LogP contribution in [-0.4, -0.2) is 0 Å². The van der Waals surface area contributed by atoms with Gasteiger partial charge in [0.05, 0.1) is 6.04 Å². The molecule has 2 aromatic carbocycles. The fourth-order valence-corrected chi connectivity index (χ4v) is 3.05. The van der Waals surface area contributed by atoms with E-state index in [0.29, 0.717) is 0 Å². The van der Waals surface area contributed by atoms with E-state index in [1.54, 1.807) is 0 Å². The van der Waals surface area contributed by atoms with Gasteiger partial charge < -0.3 is 5.73 Å². The van der Waals surface area contributed by atoms with Crippen LogP contribution in [0.1, 0.15) is 43.5 Å². The van der Waals surface area contributed by atoms with Crippen molar-refractivity contribution < 1.29 is 0 Å². The van der Waals surface area contributed by atoms with E-state index >= 15 is 0 Å².